The first-order valence-corrected chi connectivity index (χ1v) is 4.37. The molecule has 1 aromatic carbocycles. The van der Waals surface area contributed by atoms with Crippen LogP contribution in [0.1, 0.15) is 24.2 Å². The van der Waals surface area contributed by atoms with Crippen molar-refractivity contribution < 1.29 is 69.4 Å². The molecule has 0 fully saturated rings. The molecule has 0 aromatic heterocycles. The van der Waals surface area contributed by atoms with Crippen LogP contribution in [-0.2, 0) is 6.32 Å². The van der Waals surface area contributed by atoms with E-state index in [1.54, 1.807) is 12.1 Å². The van der Waals surface area contributed by atoms with Gasteiger partial charge in [-0.2, -0.15) is 0 Å². The first-order chi connectivity index (χ1) is 6.40. The molecule has 0 radical (unpaired) electrons. The first kappa shape index (κ1) is 15.7. The predicted molar refractivity (Wildman–Crippen MR) is 49.9 cm³/mol. The topological polar surface area (TPSA) is 20.2 Å². The Morgan fingerprint density at radius 2 is 1.80 bits per heavy atom. The number of rotatable bonds is 3. The monoisotopic (exact) mass is 242 g/mol. The van der Waals surface area contributed by atoms with E-state index < -0.39 is 19.4 Å². The van der Waals surface area contributed by atoms with E-state index in [0.717, 1.165) is 0 Å². The molecule has 1 nitrogen and oxygen atoms in total. The maximum atomic E-state index is 12.2. The Balaban J connectivity index is 0.00000196. The zero-order chi connectivity index (χ0) is 10.8. The van der Waals surface area contributed by atoms with E-state index in [4.69, 9.17) is 0 Å². The quantitative estimate of drug-likeness (QED) is 0.720. The van der Waals surface area contributed by atoms with Gasteiger partial charge in [-0.05, 0) is 12.5 Å². The fourth-order valence-corrected chi connectivity index (χ4v) is 1.38. The summed E-state index contributed by atoms with van der Waals surface area (Å²) in [6.45, 7) is -3.38. The summed E-state index contributed by atoms with van der Waals surface area (Å²) in [4.78, 5) is 0. The number of hydrogen-bond donors (Lipinski definition) is 1. The molecule has 15 heavy (non-hydrogen) atoms. The van der Waals surface area contributed by atoms with Crippen molar-refractivity contribution in [2.75, 3.05) is 0 Å². The molecule has 0 bridgehead atoms. The maximum Gasteiger partial charge on any atom is 1.00 e. The van der Waals surface area contributed by atoms with Crippen molar-refractivity contribution in [3.8, 4) is 0 Å². The van der Waals surface area contributed by atoms with Crippen LogP contribution < -0.4 is 51.4 Å². The molecule has 0 aliphatic heterocycles. The molecule has 1 N–H and O–H groups in total. The molecule has 78 valence electrons. The van der Waals surface area contributed by atoms with Crippen molar-refractivity contribution in [3.63, 3.8) is 0 Å². The summed E-state index contributed by atoms with van der Waals surface area (Å²) in [5.41, 5.74) is 0.515. The summed E-state index contributed by atoms with van der Waals surface area (Å²) in [7, 11) is 0. The molecule has 0 heterocycles. The Morgan fingerprint density at radius 1 is 1.27 bits per heavy atom. The van der Waals surface area contributed by atoms with Gasteiger partial charge in [-0.15, -0.1) is 0 Å². The Hall–Kier alpha value is 0.671. The van der Waals surface area contributed by atoms with Crippen molar-refractivity contribution in [2.45, 2.75) is 19.3 Å². The van der Waals surface area contributed by atoms with Crippen molar-refractivity contribution >= 4 is 6.98 Å². The van der Waals surface area contributed by atoms with Crippen LogP contribution in [0.5, 0.6) is 0 Å². The van der Waals surface area contributed by atoms with Crippen molar-refractivity contribution in [1.29, 1.82) is 0 Å². The van der Waals surface area contributed by atoms with Crippen molar-refractivity contribution in [2.24, 2.45) is 0 Å². The van der Waals surface area contributed by atoms with Crippen LogP contribution in [-0.4, -0.2) is 12.1 Å². The summed E-state index contributed by atoms with van der Waals surface area (Å²) in [6.07, 6.45) is -1.79. The second-order valence-electron chi connectivity index (χ2n) is 3.29. The molecule has 1 atom stereocenters. The second kappa shape index (κ2) is 6.42. The fourth-order valence-electron chi connectivity index (χ4n) is 1.38. The molecule has 1 unspecified atom stereocenters. The summed E-state index contributed by atoms with van der Waals surface area (Å²) >= 11 is 0. The predicted octanol–water partition coefficient (Wildman–Crippen LogP) is -0.327. The minimum atomic E-state index is -4.84. The van der Waals surface area contributed by atoms with Crippen LogP contribution in [0.25, 0.3) is 0 Å². The van der Waals surface area contributed by atoms with Gasteiger partial charge < -0.3 is 18.1 Å². The minimum Gasteiger partial charge on any atom is -0.449 e. The summed E-state index contributed by atoms with van der Waals surface area (Å²) < 4.78 is 36.5. The van der Waals surface area contributed by atoms with Gasteiger partial charge in [0, 0.05) is 0 Å². The molecule has 1 rings (SSSR count). The van der Waals surface area contributed by atoms with Gasteiger partial charge in [-0.1, -0.05) is 36.1 Å². The molecule has 0 saturated heterocycles. The van der Waals surface area contributed by atoms with Gasteiger partial charge in [0.05, 0.1) is 6.10 Å². The van der Waals surface area contributed by atoms with E-state index in [2.05, 4.69) is 0 Å². The summed E-state index contributed by atoms with van der Waals surface area (Å²) in [5.74, 6) is 0. The second-order valence-corrected chi connectivity index (χ2v) is 3.29. The summed E-state index contributed by atoms with van der Waals surface area (Å²) in [6, 6.07) is 6.08. The Kier molecular flexibility index (Phi) is 6.70. The van der Waals surface area contributed by atoms with Crippen molar-refractivity contribution in [3.05, 3.63) is 35.4 Å². The van der Waals surface area contributed by atoms with Gasteiger partial charge in [0.15, 0.2) is 0 Å². The molecule has 0 aliphatic rings. The third kappa shape index (κ3) is 5.51. The van der Waals surface area contributed by atoms with Crippen molar-refractivity contribution in [1.82, 2.24) is 0 Å². The first-order valence-electron chi connectivity index (χ1n) is 4.37. The smallest absolute Gasteiger partial charge is 0.449 e. The van der Waals surface area contributed by atoms with E-state index in [9.17, 15) is 18.1 Å². The Bertz CT molecular complexity index is 314. The van der Waals surface area contributed by atoms with Crippen LogP contribution in [0.3, 0.4) is 0 Å². The van der Waals surface area contributed by atoms with E-state index in [-0.39, 0.29) is 56.9 Å². The van der Waals surface area contributed by atoms with Crippen LogP contribution in [0.4, 0.5) is 12.9 Å². The van der Waals surface area contributed by atoms with Crippen LogP contribution >= 0.6 is 0 Å². The Morgan fingerprint density at radius 3 is 2.27 bits per heavy atom. The van der Waals surface area contributed by atoms with E-state index in [1.807, 2.05) is 0 Å². The van der Waals surface area contributed by atoms with E-state index >= 15 is 0 Å². The van der Waals surface area contributed by atoms with Gasteiger partial charge in [0.25, 0.3) is 0 Å². The average Bonchev–Trinajstić information content (AvgIpc) is 2.01. The Labute approximate surface area is 130 Å². The molecule has 0 amide bonds. The van der Waals surface area contributed by atoms with E-state index in [0.29, 0.717) is 5.56 Å². The molecular weight excluding hydrogens is 231 g/mol. The number of aliphatic hydroxyl groups is 1. The third-order valence-electron chi connectivity index (χ3n) is 1.96. The van der Waals surface area contributed by atoms with Gasteiger partial charge in [0.2, 0.25) is 0 Å². The number of halogens is 3. The van der Waals surface area contributed by atoms with E-state index in [1.165, 1.54) is 19.1 Å². The zero-order valence-corrected chi connectivity index (χ0v) is 11.9. The average molecular weight is 242 g/mol. The summed E-state index contributed by atoms with van der Waals surface area (Å²) in [5, 5.41) is 9.24. The zero-order valence-electron chi connectivity index (χ0n) is 8.75. The molecule has 1 aromatic rings. The molecule has 6 heteroatoms. The van der Waals surface area contributed by atoms with Gasteiger partial charge in [0.1, 0.15) is 0 Å². The number of benzene rings is 1. The maximum absolute atomic E-state index is 12.2. The molecule has 0 aliphatic carbocycles. The normalized spacial score (nSPS) is 13.1. The molecule has 0 spiro atoms. The standard InChI is InChI=1S/C9H11BF3O.K/c1-7(14)9-5-3-2-4-8(9)6-10(11,12)13;/h2-5,7,14H,6H2,1H3;/q-1;+1. The van der Waals surface area contributed by atoms with Gasteiger partial charge in [-0.3, -0.25) is 0 Å². The molecule has 0 saturated carbocycles. The number of aliphatic hydroxyl groups excluding tert-OH is 1. The van der Waals surface area contributed by atoms with Crippen LogP contribution in [0, 0.1) is 0 Å². The third-order valence-corrected chi connectivity index (χ3v) is 1.96. The van der Waals surface area contributed by atoms with Crippen LogP contribution in [0.2, 0.25) is 0 Å². The SMILES string of the molecule is CC(O)c1ccccc1C[B-](F)(F)F.[K+]. The number of hydrogen-bond acceptors (Lipinski definition) is 1. The minimum absolute atomic E-state index is 0. The molecular formula is C9H11BF3KO. The van der Waals surface area contributed by atoms with Gasteiger partial charge >= 0.3 is 58.4 Å². The van der Waals surface area contributed by atoms with Gasteiger partial charge in [-0.25, -0.2) is 0 Å². The van der Waals surface area contributed by atoms with Crippen LogP contribution in [0.15, 0.2) is 24.3 Å². The fraction of sp³-hybridized carbons (Fsp3) is 0.333. The largest absolute Gasteiger partial charge is 1.00 e.